The van der Waals surface area contributed by atoms with E-state index in [1.807, 2.05) is 52.0 Å². The molecular weight excluding hydrogens is 370 g/mol. The van der Waals surface area contributed by atoms with Crippen LogP contribution >= 0.6 is 11.3 Å². The minimum absolute atomic E-state index is 0.274. The third-order valence-electron chi connectivity index (χ3n) is 4.90. The van der Waals surface area contributed by atoms with Crippen molar-refractivity contribution >= 4 is 21.6 Å². The molecule has 1 aromatic carbocycles. The fraction of sp³-hybridized carbons (Fsp3) is 0.632. The van der Waals surface area contributed by atoms with Crippen molar-refractivity contribution < 1.29 is 28.4 Å². The number of para-hydroxylation sites is 1. The molecule has 4 heterocycles. The summed E-state index contributed by atoms with van der Waals surface area (Å²) in [6.45, 7) is 7.83. The Hall–Kier alpha value is -1.29. The van der Waals surface area contributed by atoms with Gasteiger partial charge < -0.3 is 28.4 Å². The van der Waals surface area contributed by atoms with Crippen molar-refractivity contribution in [1.29, 1.82) is 0 Å². The molecule has 7 nitrogen and oxygen atoms in total. The Balaban J connectivity index is 1.35. The molecule has 0 radical (unpaired) electrons. The molecule has 1 aromatic heterocycles. The average Bonchev–Trinajstić information content (AvgIpc) is 3.23. The first-order chi connectivity index (χ1) is 12.8. The maximum absolute atomic E-state index is 6.15. The zero-order valence-electron chi connectivity index (χ0n) is 15.7. The van der Waals surface area contributed by atoms with Gasteiger partial charge in [-0.05, 0) is 39.8 Å². The first kappa shape index (κ1) is 17.8. The number of benzene rings is 1. The quantitative estimate of drug-likeness (QED) is 0.794. The van der Waals surface area contributed by atoms with E-state index >= 15 is 0 Å². The smallest absolute Gasteiger partial charge is 0.274 e. The lowest BCUT2D eigenvalue weighted by molar-refractivity contribution is -0.238. The van der Waals surface area contributed by atoms with Crippen LogP contribution in [0.15, 0.2) is 24.3 Å². The highest BCUT2D eigenvalue weighted by molar-refractivity contribution is 7.20. The molecular formula is C19H23NO6S. The van der Waals surface area contributed by atoms with Gasteiger partial charge in [-0.3, -0.25) is 0 Å². The standard InChI is InChI=1S/C19H23NO6S/c1-18(2)23-13-11(9-21-17-20-10-7-5-6-8-12(10)27-17)22-16-15(14(13)24-18)25-19(3,4)26-16/h5-8,11,13-16H,9H2,1-4H3. The maximum atomic E-state index is 6.15. The molecule has 3 aliphatic rings. The molecule has 2 aromatic rings. The van der Waals surface area contributed by atoms with Crippen LogP contribution in [0.3, 0.4) is 0 Å². The summed E-state index contributed by atoms with van der Waals surface area (Å²) in [5.74, 6) is -1.43. The molecule has 5 rings (SSSR count). The van der Waals surface area contributed by atoms with Gasteiger partial charge in [0, 0.05) is 0 Å². The molecule has 3 saturated heterocycles. The lowest BCUT2D eigenvalue weighted by Crippen LogP contribution is -2.56. The van der Waals surface area contributed by atoms with Gasteiger partial charge in [0.05, 0.1) is 10.2 Å². The van der Waals surface area contributed by atoms with Crippen LogP contribution in [0.4, 0.5) is 0 Å². The van der Waals surface area contributed by atoms with E-state index in [9.17, 15) is 0 Å². The normalized spacial score (nSPS) is 36.5. The van der Waals surface area contributed by atoms with Crippen LogP contribution in [0.1, 0.15) is 27.7 Å². The molecule has 3 fully saturated rings. The molecule has 0 bridgehead atoms. The van der Waals surface area contributed by atoms with E-state index in [0.29, 0.717) is 11.8 Å². The second kappa shape index (κ2) is 6.10. The highest BCUT2D eigenvalue weighted by atomic mass is 32.1. The van der Waals surface area contributed by atoms with Gasteiger partial charge in [-0.1, -0.05) is 23.5 Å². The zero-order valence-corrected chi connectivity index (χ0v) is 16.5. The summed E-state index contributed by atoms with van der Waals surface area (Å²) >= 11 is 1.51. The van der Waals surface area contributed by atoms with E-state index in [4.69, 9.17) is 28.4 Å². The molecule has 5 unspecified atom stereocenters. The van der Waals surface area contributed by atoms with E-state index in [1.165, 1.54) is 11.3 Å². The van der Waals surface area contributed by atoms with Crippen LogP contribution in [0.5, 0.6) is 5.19 Å². The van der Waals surface area contributed by atoms with Crippen LogP contribution in [-0.4, -0.2) is 53.9 Å². The van der Waals surface area contributed by atoms with E-state index in [2.05, 4.69) is 4.98 Å². The van der Waals surface area contributed by atoms with Crippen LogP contribution in [0.2, 0.25) is 0 Å². The van der Waals surface area contributed by atoms with Gasteiger partial charge in [0.1, 0.15) is 31.0 Å². The number of fused-ring (bicyclic) bond motifs is 4. The number of nitrogens with zero attached hydrogens (tertiary/aromatic N) is 1. The summed E-state index contributed by atoms with van der Waals surface area (Å²) in [6, 6.07) is 7.95. The second-order valence-corrected chi connectivity index (χ2v) is 8.96. The van der Waals surface area contributed by atoms with Gasteiger partial charge in [-0.15, -0.1) is 0 Å². The number of rotatable bonds is 3. The predicted molar refractivity (Wildman–Crippen MR) is 97.6 cm³/mol. The number of aromatic nitrogens is 1. The number of hydrogen-bond donors (Lipinski definition) is 0. The summed E-state index contributed by atoms with van der Waals surface area (Å²) in [6.07, 6.45) is -1.76. The number of thiazole rings is 1. The second-order valence-electron chi connectivity index (χ2n) is 7.97. The van der Waals surface area contributed by atoms with E-state index in [-0.39, 0.29) is 24.4 Å². The third-order valence-corrected chi connectivity index (χ3v) is 5.85. The zero-order chi connectivity index (χ0) is 18.8. The fourth-order valence-electron chi connectivity index (χ4n) is 3.89. The minimum atomic E-state index is -0.723. The Morgan fingerprint density at radius 2 is 1.67 bits per heavy atom. The Bertz CT molecular complexity index is 819. The van der Waals surface area contributed by atoms with Crippen LogP contribution in [0.25, 0.3) is 10.2 Å². The molecule has 8 heteroatoms. The number of ether oxygens (including phenoxy) is 6. The summed E-state index contributed by atoms with van der Waals surface area (Å²) in [7, 11) is 0. The van der Waals surface area contributed by atoms with Crippen LogP contribution in [0, 0.1) is 0 Å². The molecule has 0 aliphatic carbocycles. The van der Waals surface area contributed by atoms with Gasteiger partial charge in [0.2, 0.25) is 0 Å². The molecule has 3 aliphatic heterocycles. The van der Waals surface area contributed by atoms with Gasteiger partial charge in [-0.25, -0.2) is 4.98 Å². The van der Waals surface area contributed by atoms with E-state index in [1.54, 1.807) is 0 Å². The van der Waals surface area contributed by atoms with Crippen molar-refractivity contribution in [2.24, 2.45) is 0 Å². The molecule has 0 saturated carbocycles. The average molecular weight is 393 g/mol. The molecule has 0 amide bonds. The Morgan fingerprint density at radius 1 is 0.963 bits per heavy atom. The topological polar surface area (TPSA) is 68.3 Å². The summed E-state index contributed by atoms with van der Waals surface area (Å²) in [5, 5.41) is 0.612. The SMILES string of the molecule is CC1(C)OC2OC(COc3nc4ccccc4s3)C3OC(C)(C)OC3C2O1. The fourth-order valence-corrected chi connectivity index (χ4v) is 4.72. The van der Waals surface area contributed by atoms with E-state index < -0.39 is 17.9 Å². The maximum Gasteiger partial charge on any atom is 0.274 e. The lowest BCUT2D eigenvalue weighted by atomic mass is 9.99. The van der Waals surface area contributed by atoms with Crippen molar-refractivity contribution in [2.45, 2.75) is 70.0 Å². The highest BCUT2D eigenvalue weighted by Gasteiger charge is 2.60. The number of hydrogen-bond acceptors (Lipinski definition) is 8. The summed E-state index contributed by atoms with van der Waals surface area (Å²) in [4.78, 5) is 4.51. The Morgan fingerprint density at radius 3 is 2.48 bits per heavy atom. The largest absolute Gasteiger partial charge is 0.467 e. The van der Waals surface area contributed by atoms with E-state index in [0.717, 1.165) is 10.2 Å². The summed E-state index contributed by atoms with van der Waals surface area (Å²) in [5.41, 5.74) is 0.927. The first-order valence-electron chi connectivity index (χ1n) is 9.15. The highest BCUT2D eigenvalue weighted by Crippen LogP contribution is 2.44. The summed E-state index contributed by atoms with van der Waals surface area (Å²) < 4.78 is 37.3. The van der Waals surface area contributed by atoms with Crippen molar-refractivity contribution in [3.05, 3.63) is 24.3 Å². The van der Waals surface area contributed by atoms with Crippen molar-refractivity contribution in [2.75, 3.05) is 6.61 Å². The van der Waals surface area contributed by atoms with Gasteiger partial charge in [-0.2, -0.15) is 0 Å². The molecule has 5 atom stereocenters. The Labute approximate surface area is 161 Å². The molecule has 0 spiro atoms. The van der Waals surface area contributed by atoms with Crippen LogP contribution < -0.4 is 4.74 Å². The lowest BCUT2D eigenvalue weighted by Gasteiger charge is -2.36. The molecule has 146 valence electrons. The van der Waals surface area contributed by atoms with Gasteiger partial charge >= 0.3 is 0 Å². The van der Waals surface area contributed by atoms with Crippen molar-refractivity contribution in [3.8, 4) is 5.19 Å². The van der Waals surface area contributed by atoms with Crippen molar-refractivity contribution in [3.63, 3.8) is 0 Å². The first-order valence-corrected chi connectivity index (χ1v) is 9.96. The Kier molecular flexibility index (Phi) is 4.02. The van der Waals surface area contributed by atoms with Gasteiger partial charge in [0.15, 0.2) is 17.9 Å². The molecule has 0 N–H and O–H groups in total. The van der Waals surface area contributed by atoms with Crippen LogP contribution in [-0.2, 0) is 23.7 Å². The predicted octanol–water partition coefficient (Wildman–Crippen LogP) is 3.07. The third kappa shape index (κ3) is 3.24. The van der Waals surface area contributed by atoms with Crippen molar-refractivity contribution in [1.82, 2.24) is 4.98 Å². The monoisotopic (exact) mass is 393 g/mol. The van der Waals surface area contributed by atoms with Gasteiger partial charge in [0.25, 0.3) is 5.19 Å². The minimum Gasteiger partial charge on any atom is -0.467 e. The molecule has 27 heavy (non-hydrogen) atoms.